The molecule has 2 N–H and O–H groups in total. The molecule has 146 valence electrons. The lowest BCUT2D eigenvalue weighted by Crippen LogP contribution is -2.49. The highest BCUT2D eigenvalue weighted by molar-refractivity contribution is 5.95. The van der Waals surface area contributed by atoms with Gasteiger partial charge >= 0.3 is 0 Å². The molecular formula is C23H27N3O2. The molecule has 0 bridgehead atoms. The van der Waals surface area contributed by atoms with Crippen LogP contribution in [0.2, 0.25) is 0 Å². The largest absolute Gasteiger partial charge is 0.369 e. The third-order valence-corrected chi connectivity index (χ3v) is 5.65. The molecule has 1 saturated heterocycles. The monoisotopic (exact) mass is 377 g/mol. The number of nitrogens with zero attached hydrogens (tertiary/aromatic N) is 2. The molecule has 4 rings (SSSR count). The third-order valence-electron chi connectivity index (χ3n) is 5.65. The first-order valence-electron chi connectivity index (χ1n) is 10.1. The summed E-state index contributed by atoms with van der Waals surface area (Å²) in [6, 6.07) is 15.6. The Balaban J connectivity index is 1.41. The second-order valence-corrected chi connectivity index (χ2v) is 7.96. The Morgan fingerprint density at radius 1 is 0.929 bits per heavy atom. The Morgan fingerprint density at radius 2 is 1.64 bits per heavy atom. The zero-order chi connectivity index (χ0) is 19.5. The molecule has 5 nitrogen and oxygen atoms in total. The average molecular weight is 377 g/mol. The number of carbonyl (C=O) groups excluding carboxylic acids is 2. The van der Waals surface area contributed by atoms with Crippen molar-refractivity contribution in [3.8, 4) is 11.1 Å². The molecule has 0 spiro atoms. The van der Waals surface area contributed by atoms with Crippen LogP contribution in [0.4, 0.5) is 0 Å². The summed E-state index contributed by atoms with van der Waals surface area (Å²) in [6.45, 7) is 4.75. The first-order chi connectivity index (χ1) is 13.6. The number of benzene rings is 2. The molecule has 0 aromatic heterocycles. The number of amides is 2. The van der Waals surface area contributed by atoms with Gasteiger partial charge in [-0.15, -0.1) is 0 Å². The fraction of sp³-hybridized carbons (Fsp3) is 0.391. The van der Waals surface area contributed by atoms with Crippen molar-refractivity contribution in [2.75, 3.05) is 32.7 Å². The highest BCUT2D eigenvalue weighted by atomic mass is 16.2. The van der Waals surface area contributed by atoms with E-state index in [1.54, 1.807) is 0 Å². The van der Waals surface area contributed by atoms with Gasteiger partial charge in [-0.1, -0.05) is 36.4 Å². The van der Waals surface area contributed by atoms with Crippen molar-refractivity contribution in [1.29, 1.82) is 0 Å². The highest BCUT2D eigenvalue weighted by Gasteiger charge is 2.28. The van der Waals surface area contributed by atoms with E-state index in [1.165, 1.54) is 19.4 Å². The van der Waals surface area contributed by atoms with Gasteiger partial charge in [-0.25, -0.2) is 0 Å². The number of rotatable bonds is 6. The summed E-state index contributed by atoms with van der Waals surface area (Å²) in [5, 5.41) is 0. The minimum absolute atomic E-state index is 0.110. The molecule has 2 amide bonds. The standard InChI is InChI=1S/C23H27N3O2/c24-22(27)14-17-6-8-19(9-7-17)20-2-1-3-21(15-20)23(28)26-12-10-25(11-13-26)16-18-4-5-18/h1-3,6-9,15,18H,4-5,10-14,16H2,(H2,24,27). The van der Waals surface area contributed by atoms with Gasteiger partial charge in [-0.2, -0.15) is 0 Å². The zero-order valence-corrected chi connectivity index (χ0v) is 16.1. The summed E-state index contributed by atoms with van der Waals surface area (Å²) in [6.07, 6.45) is 2.98. The summed E-state index contributed by atoms with van der Waals surface area (Å²) >= 11 is 0. The Hall–Kier alpha value is -2.66. The number of nitrogens with two attached hydrogens (primary N) is 1. The summed E-state index contributed by atoms with van der Waals surface area (Å²) in [5.74, 6) is 0.670. The molecule has 2 aromatic rings. The van der Waals surface area contributed by atoms with Crippen molar-refractivity contribution < 1.29 is 9.59 Å². The van der Waals surface area contributed by atoms with Crippen molar-refractivity contribution >= 4 is 11.8 Å². The number of carbonyl (C=O) groups is 2. The SMILES string of the molecule is NC(=O)Cc1ccc(-c2cccc(C(=O)N3CCN(CC4CC4)CC3)c2)cc1. The molecule has 1 aliphatic carbocycles. The van der Waals surface area contributed by atoms with E-state index in [4.69, 9.17) is 5.73 Å². The number of piperazine rings is 1. The van der Waals surface area contributed by atoms with Gasteiger partial charge in [0.1, 0.15) is 0 Å². The maximum Gasteiger partial charge on any atom is 0.253 e. The van der Waals surface area contributed by atoms with Crippen LogP contribution < -0.4 is 5.73 Å². The second-order valence-electron chi connectivity index (χ2n) is 7.96. The van der Waals surface area contributed by atoms with Gasteiger partial charge in [0.25, 0.3) is 5.91 Å². The van der Waals surface area contributed by atoms with E-state index in [9.17, 15) is 9.59 Å². The number of hydrogen-bond acceptors (Lipinski definition) is 3. The molecule has 0 atom stereocenters. The zero-order valence-electron chi connectivity index (χ0n) is 16.1. The summed E-state index contributed by atoms with van der Waals surface area (Å²) in [7, 11) is 0. The molecule has 5 heteroatoms. The molecule has 2 aromatic carbocycles. The van der Waals surface area contributed by atoms with Gasteiger partial charge in [0.05, 0.1) is 6.42 Å². The minimum atomic E-state index is -0.336. The van der Waals surface area contributed by atoms with Gasteiger partial charge in [-0.3, -0.25) is 14.5 Å². The minimum Gasteiger partial charge on any atom is -0.369 e. The third kappa shape index (κ3) is 4.60. The lowest BCUT2D eigenvalue weighted by atomic mass is 10.0. The predicted molar refractivity (Wildman–Crippen MR) is 110 cm³/mol. The molecular weight excluding hydrogens is 350 g/mol. The second kappa shape index (κ2) is 8.15. The van der Waals surface area contributed by atoms with Crippen LogP contribution >= 0.6 is 0 Å². The first kappa shape index (κ1) is 18.7. The van der Waals surface area contributed by atoms with E-state index < -0.39 is 0 Å². The fourth-order valence-electron chi connectivity index (χ4n) is 3.83. The summed E-state index contributed by atoms with van der Waals surface area (Å²) in [5.41, 5.74) is 8.90. The van der Waals surface area contributed by atoms with Gasteiger partial charge in [0.15, 0.2) is 0 Å². The van der Waals surface area contributed by atoms with Crippen LogP contribution in [-0.4, -0.2) is 54.3 Å². The van der Waals surface area contributed by atoms with Crippen LogP contribution in [0.1, 0.15) is 28.8 Å². The van der Waals surface area contributed by atoms with Crippen molar-refractivity contribution in [3.63, 3.8) is 0 Å². The molecule has 0 radical (unpaired) electrons. The van der Waals surface area contributed by atoms with Crippen molar-refractivity contribution in [3.05, 3.63) is 59.7 Å². The molecule has 1 aliphatic heterocycles. The number of primary amides is 1. The normalized spacial score (nSPS) is 17.5. The molecule has 0 unspecified atom stereocenters. The lowest BCUT2D eigenvalue weighted by Gasteiger charge is -2.34. The summed E-state index contributed by atoms with van der Waals surface area (Å²) in [4.78, 5) is 28.5. The molecule has 1 heterocycles. The first-order valence-corrected chi connectivity index (χ1v) is 10.1. The van der Waals surface area contributed by atoms with Gasteiger partial charge in [0.2, 0.25) is 5.91 Å². The Kier molecular flexibility index (Phi) is 5.44. The maximum atomic E-state index is 13.0. The molecule has 28 heavy (non-hydrogen) atoms. The van der Waals surface area contributed by atoms with Crippen molar-refractivity contribution in [2.24, 2.45) is 11.7 Å². The van der Waals surface area contributed by atoms with E-state index >= 15 is 0 Å². The van der Waals surface area contributed by atoms with Gasteiger partial charge in [-0.05, 0) is 47.6 Å². The number of hydrogen-bond donors (Lipinski definition) is 1. The topological polar surface area (TPSA) is 66.6 Å². The van der Waals surface area contributed by atoms with E-state index in [-0.39, 0.29) is 18.2 Å². The average Bonchev–Trinajstić information content (AvgIpc) is 3.52. The van der Waals surface area contributed by atoms with Crippen LogP contribution in [0.25, 0.3) is 11.1 Å². The van der Waals surface area contributed by atoms with Crippen LogP contribution in [0.15, 0.2) is 48.5 Å². The highest BCUT2D eigenvalue weighted by Crippen LogP contribution is 2.30. The molecule has 2 fully saturated rings. The molecule has 1 saturated carbocycles. The van der Waals surface area contributed by atoms with Crippen LogP contribution in [-0.2, 0) is 11.2 Å². The maximum absolute atomic E-state index is 13.0. The van der Waals surface area contributed by atoms with E-state index in [2.05, 4.69) is 4.90 Å². The summed E-state index contributed by atoms with van der Waals surface area (Å²) < 4.78 is 0. The molecule has 2 aliphatic rings. The van der Waals surface area contributed by atoms with Gasteiger partial charge in [0, 0.05) is 38.3 Å². The quantitative estimate of drug-likeness (QED) is 0.841. The van der Waals surface area contributed by atoms with Crippen LogP contribution in [0.3, 0.4) is 0 Å². The Labute approximate surface area is 166 Å². The van der Waals surface area contributed by atoms with E-state index in [0.717, 1.165) is 54.4 Å². The van der Waals surface area contributed by atoms with Crippen molar-refractivity contribution in [1.82, 2.24) is 9.80 Å². The Morgan fingerprint density at radius 3 is 2.29 bits per heavy atom. The fourth-order valence-corrected chi connectivity index (χ4v) is 3.83. The smallest absolute Gasteiger partial charge is 0.253 e. The van der Waals surface area contributed by atoms with Crippen LogP contribution in [0, 0.1) is 5.92 Å². The van der Waals surface area contributed by atoms with Crippen molar-refractivity contribution in [2.45, 2.75) is 19.3 Å². The lowest BCUT2D eigenvalue weighted by molar-refractivity contribution is -0.117. The van der Waals surface area contributed by atoms with E-state index in [1.807, 2.05) is 53.4 Å². The predicted octanol–water partition coefficient (Wildman–Crippen LogP) is 2.55. The van der Waals surface area contributed by atoms with E-state index in [0.29, 0.717) is 0 Å². The van der Waals surface area contributed by atoms with Gasteiger partial charge < -0.3 is 10.6 Å². The Bertz CT molecular complexity index is 850. The van der Waals surface area contributed by atoms with Crippen LogP contribution in [0.5, 0.6) is 0 Å².